The van der Waals surface area contributed by atoms with Gasteiger partial charge in [0.15, 0.2) is 0 Å². The number of hydrogen-bond acceptors (Lipinski definition) is 3. The van der Waals surface area contributed by atoms with Crippen molar-refractivity contribution in [3.8, 4) is 0 Å². The first-order valence-corrected chi connectivity index (χ1v) is 3.25. The molecule has 0 rings (SSSR count). The number of nitrogens with two attached hydrogens (primary N) is 1. The lowest BCUT2D eigenvalue weighted by Crippen LogP contribution is -2.31. The first kappa shape index (κ1) is 10.3. The molecule has 0 radical (unpaired) electrons. The standard InChI is InChI=1S/C6H11F2NO2/c1-2-11-5(10)3-6(7,8)4-9/h2-4,9H2,1H3. The second-order valence-electron chi connectivity index (χ2n) is 2.04. The minimum Gasteiger partial charge on any atom is -0.466 e. The smallest absolute Gasteiger partial charge is 0.311 e. The first-order valence-electron chi connectivity index (χ1n) is 3.25. The Balaban J connectivity index is 3.74. The Morgan fingerprint density at radius 3 is 2.55 bits per heavy atom. The number of alkyl halides is 2. The summed E-state index contributed by atoms with van der Waals surface area (Å²) in [6.07, 6.45) is -0.933. The van der Waals surface area contributed by atoms with Crippen LogP contribution >= 0.6 is 0 Å². The molecule has 0 aromatic rings. The minimum absolute atomic E-state index is 0.111. The van der Waals surface area contributed by atoms with Crippen LogP contribution in [-0.4, -0.2) is 25.0 Å². The molecule has 0 unspecified atom stereocenters. The molecule has 0 aliphatic carbocycles. The molecule has 0 amide bonds. The first-order chi connectivity index (χ1) is 5.02. The number of rotatable bonds is 4. The van der Waals surface area contributed by atoms with Crippen molar-refractivity contribution in [2.24, 2.45) is 5.73 Å². The van der Waals surface area contributed by atoms with E-state index in [2.05, 4.69) is 4.74 Å². The van der Waals surface area contributed by atoms with E-state index in [0.29, 0.717) is 0 Å². The Kier molecular flexibility index (Phi) is 3.95. The van der Waals surface area contributed by atoms with Gasteiger partial charge in [-0.2, -0.15) is 0 Å². The largest absolute Gasteiger partial charge is 0.466 e. The zero-order valence-corrected chi connectivity index (χ0v) is 6.27. The van der Waals surface area contributed by atoms with Gasteiger partial charge < -0.3 is 10.5 Å². The Morgan fingerprint density at radius 2 is 2.18 bits per heavy atom. The van der Waals surface area contributed by atoms with E-state index in [1.165, 1.54) is 0 Å². The van der Waals surface area contributed by atoms with Crippen molar-refractivity contribution in [1.29, 1.82) is 0 Å². The lowest BCUT2D eigenvalue weighted by Gasteiger charge is -2.11. The maximum Gasteiger partial charge on any atom is 0.311 e. The number of ether oxygens (including phenoxy) is 1. The fourth-order valence-corrected chi connectivity index (χ4v) is 0.495. The second kappa shape index (κ2) is 4.23. The second-order valence-corrected chi connectivity index (χ2v) is 2.04. The van der Waals surface area contributed by atoms with E-state index in [9.17, 15) is 13.6 Å². The van der Waals surface area contributed by atoms with Gasteiger partial charge in [0.1, 0.15) is 6.42 Å². The summed E-state index contributed by atoms with van der Waals surface area (Å²) in [7, 11) is 0. The van der Waals surface area contributed by atoms with Crippen LogP contribution in [0.15, 0.2) is 0 Å². The van der Waals surface area contributed by atoms with E-state index in [-0.39, 0.29) is 6.61 Å². The molecule has 0 bridgehead atoms. The van der Waals surface area contributed by atoms with Crippen LogP contribution in [0, 0.1) is 0 Å². The van der Waals surface area contributed by atoms with Gasteiger partial charge in [0, 0.05) is 0 Å². The summed E-state index contributed by atoms with van der Waals surface area (Å²) in [5, 5.41) is 0. The highest BCUT2D eigenvalue weighted by atomic mass is 19.3. The van der Waals surface area contributed by atoms with Crippen molar-refractivity contribution < 1.29 is 18.3 Å². The average molecular weight is 167 g/mol. The van der Waals surface area contributed by atoms with Crippen LogP contribution in [-0.2, 0) is 9.53 Å². The molecule has 3 nitrogen and oxygen atoms in total. The molecule has 0 saturated carbocycles. The van der Waals surface area contributed by atoms with E-state index in [1.54, 1.807) is 6.92 Å². The van der Waals surface area contributed by atoms with Crippen LogP contribution in [0.3, 0.4) is 0 Å². The summed E-state index contributed by atoms with van der Waals surface area (Å²) in [4.78, 5) is 10.5. The third-order valence-corrected chi connectivity index (χ3v) is 1.01. The van der Waals surface area contributed by atoms with Gasteiger partial charge in [-0.3, -0.25) is 4.79 Å². The van der Waals surface area contributed by atoms with E-state index in [4.69, 9.17) is 5.73 Å². The van der Waals surface area contributed by atoms with E-state index in [1.807, 2.05) is 0 Å². The van der Waals surface area contributed by atoms with Crippen LogP contribution in [0.5, 0.6) is 0 Å². The Bertz CT molecular complexity index is 139. The van der Waals surface area contributed by atoms with Crippen molar-refractivity contribution in [2.75, 3.05) is 13.2 Å². The van der Waals surface area contributed by atoms with Crippen LogP contribution in [0.1, 0.15) is 13.3 Å². The quantitative estimate of drug-likeness (QED) is 0.621. The molecule has 0 aromatic heterocycles. The molecule has 66 valence electrons. The maximum absolute atomic E-state index is 12.3. The van der Waals surface area contributed by atoms with Crippen molar-refractivity contribution in [2.45, 2.75) is 19.3 Å². The molecule has 0 aromatic carbocycles. The highest BCUT2D eigenvalue weighted by molar-refractivity contribution is 5.70. The zero-order valence-electron chi connectivity index (χ0n) is 6.27. The van der Waals surface area contributed by atoms with Gasteiger partial charge in [0.05, 0.1) is 13.2 Å². The van der Waals surface area contributed by atoms with Crippen LogP contribution in [0.2, 0.25) is 0 Å². The normalized spacial score (nSPS) is 11.3. The Morgan fingerprint density at radius 1 is 1.64 bits per heavy atom. The van der Waals surface area contributed by atoms with Crippen LogP contribution in [0.25, 0.3) is 0 Å². The highest BCUT2D eigenvalue weighted by Gasteiger charge is 2.30. The third-order valence-electron chi connectivity index (χ3n) is 1.01. The number of esters is 1. The summed E-state index contributed by atoms with van der Waals surface area (Å²) in [6, 6.07) is 0. The molecule has 11 heavy (non-hydrogen) atoms. The number of carbonyl (C=O) groups excluding carboxylic acids is 1. The van der Waals surface area contributed by atoms with Crippen LogP contribution in [0.4, 0.5) is 8.78 Å². The molecule has 0 atom stereocenters. The topological polar surface area (TPSA) is 52.3 Å². The Labute approximate surface area is 63.5 Å². The molecular weight excluding hydrogens is 156 g/mol. The summed E-state index contributed by atoms with van der Waals surface area (Å²) in [5.74, 6) is -4.05. The summed E-state index contributed by atoms with van der Waals surface area (Å²) in [6.45, 7) is 0.837. The third kappa shape index (κ3) is 4.66. The van der Waals surface area contributed by atoms with Crippen molar-refractivity contribution in [3.63, 3.8) is 0 Å². The molecule has 5 heteroatoms. The number of halogens is 2. The number of carbonyl (C=O) groups is 1. The number of hydrogen-bond donors (Lipinski definition) is 1. The fourth-order valence-electron chi connectivity index (χ4n) is 0.495. The molecule has 0 saturated heterocycles. The minimum atomic E-state index is -3.13. The molecule has 0 aliphatic rings. The molecule has 0 heterocycles. The average Bonchev–Trinajstić information content (AvgIpc) is 1.87. The van der Waals surface area contributed by atoms with Crippen molar-refractivity contribution in [3.05, 3.63) is 0 Å². The van der Waals surface area contributed by atoms with Gasteiger partial charge in [-0.1, -0.05) is 0 Å². The van der Waals surface area contributed by atoms with Gasteiger partial charge in [-0.15, -0.1) is 0 Å². The van der Waals surface area contributed by atoms with E-state index < -0.39 is 24.9 Å². The van der Waals surface area contributed by atoms with Crippen molar-refractivity contribution in [1.82, 2.24) is 0 Å². The fraction of sp³-hybridized carbons (Fsp3) is 0.833. The molecule has 0 aliphatic heterocycles. The van der Waals surface area contributed by atoms with Gasteiger partial charge in [-0.25, -0.2) is 8.78 Å². The zero-order chi connectivity index (χ0) is 8.91. The summed E-state index contributed by atoms with van der Waals surface area (Å²) < 4.78 is 28.9. The van der Waals surface area contributed by atoms with Gasteiger partial charge in [0.25, 0.3) is 5.92 Å². The van der Waals surface area contributed by atoms with Gasteiger partial charge in [-0.05, 0) is 6.92 Å². The molecule has 0 spiro atoms. The predicted octanol–water partition coefficient (Wildman–Crippen LogP) is 0.534. The molecule has 2 N–H and O–H groups in total. The maximum atomic E-state index is 12.3. The summed E-state index contributed by atoms with van der Waals surface area (Å²) >= 11 is 0. The van der Waals surface area contributed by atoms with E-state index >= 15 is 0 Å². The monoisotopic (exact) mass is 167 g/mol. The van der Waals surface area contributed by atoms with Crippen LogP contribution < -0.4 is 5.73 Å². The highest BCUT2D eigenvalue weighted by Crippen LogP contribution is 2.16. The van der Waals surface area contributed by atoms with Crippen molar-refractivity contribution >= 4 is 5.97 Å². The van der Waals surface area contributed by atoms with E-state index in [0.717, 1.165) is 0 Å². The molecule has 0 fully saturated rings. The summed E-state index contributed by atoms with van der Waals surface area (Å²) in [5.41, 5.74) is 4.69. The lowest BCUT2D eigenvalue weighted by molar-refractivity contribution is -0.150. The lowest BCUT2D eigenvalue weighted by atomic mass is 10.2. The SMILES string of the molecule is CCOC(=O)CC(F)(F)CN. The predicted molar refractivity (Wildman–Crippen MR) is 35.3 cm³/mol. The molecular formula is C6H11F2NO2. The van der Waals surface area contributed by atoms with Gasteiger partial charge >= 0.3 is 5.97 Å². The Hall–Kier alpha value is -0.710. The van der Waals surface area contributed by atoms with Gasteiger partial charge in [0.2, 0.25) is 0 Å².